The minimum Gasteiger partial charge on any atom is -0.192 e. The summed E-state index contributed by atoms with van der Waals surface area (Å²) >= 11 is 0. The van der Waals surface area contributed by atoms with Gasteiger partial charge in [0.1, 0.15) is 11.6 Å². The van der Waals surface area contributed by atoms with Gasteiger partial charge in [-0.15, -0.1) is 10.2 Å². The van der Waals surface area contributed by atoms with E-state index in [1.165, 1.54) is 0 Å². The highest BCUT2D eigenvalue weighted by atomic mass is 15.5. The van der Waals surface area contributed by atoms with Crippen LogP contribution in [0.25, 0.3) is 11.1 Å². The Morgan fingerprint density at radius 3 is 2.27 bits per heavy atom. The lowest BCUT2D eigenvalue weighted by Crippen LogP contribution is -1.96. The number of H-pyrrole nitrogens is 1. The summed E-state index contributed by atoms with van der Waals surface area (Å²) in [7, 11) is 0. The molecule has 5 heteroatoms. The number of tetrazole rings is 1. The lowest BCUT2D eigenvalue weighted by molar-refractivity contribution is 0.881. The van der Waals surface area contributed by atoms with Crippen LogP contribution in [0.15, 0.2) is 54.6 Å². The predicted octanol–water partition coefficient (Wildman–Crippen LogP) is 2.99. The second-order valence-corrected chi connectivity index (χ2v) is 4.83. The Morgan fingerprint density at radius 2 is 1.68 bits per heavy atom. The highest BCUT2D eigenvalue weighted by molar-refractivity contribution is 6.02. The van der Waals surface area contributed by atoms with E-state index in [2.05, 4.69) is 26.7 Å². The van der Waals surface area contributed by atoms with E-state index in [1.54, 1.807) is 0 Å². The molecule has 0 saturated heterocycles. The molecule has 2 aromatic carbocycles. The lowest BCUT2D eigenvalue weighted by Gasteiger charge is -2.10. The molecule has 3 rings (SSSR count). The highest BCUT2D eigenvalue weighted by Crippen LogP contribution is 2.30. The molecule has 0 radical (unpaired) electrons. The van der Waals surface area contributed by atoms with Gasteiger partial charge in [0.05, 0.1) is 0 Å². The standard InChI is InChI=1S/C17H13N5/c1-12-7-9-14(10-8-12)16(13-5-3-2-4-6-13)15(11-18)17-19-21-22-20-17/h2-10H,1H3,(H,19,20,21,22)/b16-15+. The zero-order valence-corrected chi connectivity index (χ0v) is 12.0. The largest absolute Gasteiger partial charge is 0.215 e. The van der Waals surface area contributed by atoms with Crippen molar-refractivity contribution in [3.63, 3.8) is 0 Å². The van der Waals surface area contributed by atoms with Crippen molar-refractivity contribution in [3.8, 4) is 6.07 Å². The number of hydrogen-bond acceptors (Lipinski definition) is 4. The minimum atomic E-state index is 0.293. The molecule has 0 unspecified atom stereocenters. The Kier molecular flexibility index (Phi) is 3.75. The van der Waals surface area contributed by atoms with Gasteiger partial charge >= 0.3 is 0 Å². The zero-order chi connectivity index (χ0) is 15.4. The van der Waals surface area contributed by atoms with E-state index in [4.69, 9.17) is 0 Å². The molecule has 3 aromatic rings. The first-order valence-corrected chi connectivity index (χ1v) is 6.80. The monoisotopic (exact) mass is 287 g/mol. The van der Waals surface area contributed by atoms with Crippen LogP contribution in [-0.4, -0.2) is 20.6 Å². The molecule has 1 heterocycles. The maximum absolute atomic E-state index is 9.62. The van der Waals surface area contributed by atoms with Gasteiger partial charge in [-0.1, -0.05) is 60.2 Å². The van der Waals surface area contributed by atoms with E-state index < -0.39 is 0 Å². The summed E-state index contributed by atoms with van der Waals surface area (Å²) in [4.78, 5) is 0. The topological polar surface area (TPSA) is 78.2 Å². The third-order valence-corrected chi connectivity index (χ3v) is 3.33. The fraction of sp³-hybridized carbons (Fsp3) is 0.0588. The number of aromatic nitrogens is 4. The summed E-state index contributed by atoms with van der Waals surface area (Å²) in [6, 6.07) is 20.0. The van der Waals surface area contributed by atoms with Gasteiger partial charge < -0.3 is 0 Å². The molecule has 0 fully saturated rings. The number of nitrogens with zero attached hydrogens (tertiary/aromatic N) is 4. The van der Waals surface area contributed by atoms with Crippen molar-refractivity contribution in [2.45, 2.75) is 6.92 Å². The van der Waals surface area contributed by atoms with Crippen molar-refractivity contribution < 1.29 is 0 Å². The summed E-state index contributed by atoms with van der Waals surface area (Å²) < 4.78 is 0. The molecule has 0 atom stereocenters. The van der Waals surface area contributed by atoms with Gasteiger partial charge in [0.2, 0.25) is 5.82 Å². The van der Waals surface area contributed by atoms with Crippen LogP contribution in [0.4, 0.5) is 0 Å². The van der Waals surface area contributed by atoms with Crippen LogP contribution in [0, 0.1) is 18.3 Å². The molecule has 22 heavy (non-hydrogen) atoms. The molecule has 106 valence electrons. The average molecular weight is 287 g/mol. The number of nitrogens with one attached hydrogen (secondary N) is 1. The minimum absolute atomic E-state index is 0.293. The summed E-state index contributed by atoms with van der Waals surface area (Å²) in [6.45, 7) is 2.03. The normalized spacial score (nSPS) is 11.6. The molecular weight excluding hydrogens is 274 g/mol. The molecule has 1 N–H and O–H groups in total. The van der Waals surface area contributed by atoms with Gasteiger partial charge in [-0.25, -0.2) is 0 Å². The molecule has 0 bridgehead atoms. The Balaban J connectivity index is 2.28. The van der Waals surface area contributed by atoms with Crippen LogP contribution < -0.4 is 0 Å². The van der Waals surface area contributed by atoms with Crippen LogP contribution in [0.5, 0.6) is 0 Å². The maximum Gasteiger partial charge on any atom is 0.215 e. The molecule has 0 aliphatic carbocycles. The SMILES string of the molecule is Cc1ccc(/C(=C(\C#N)c2nn[nH]n2)c2ccccc2)cc1. The summed E-state index contributed by atoms with van der Waals surface area (Å²) in [6.07, 6.45) is 0. The molecule has 5 nitrogen and oxygen atoms in total. The Bertz CT molecular complexity index is 825. The molecule has 0 aliphatic rings. The van der Waals surface area contributed by atoms with Crippen molar-refractivity contribution in [2.24, 2.45) is 0 Å². The molecule has 0 amide bonds. The van der Waals surface area contributed by atoms with Crippen LogP contribution in [-0.2, 0) is 0 Å². The fourth-order valence-electron chi connectivity index (χ4n) is 2.27. The summed E-state index contributed by atoms with van der Waals surface area (Å²) in [5.41, 5.74) is 4.23. The van der Waals surface area contributed by atoms with Gasteiger partial charge in [0.25, 0.3) is 0 Å². The molecule has 1 aromatic heterocycles. The Morgan fingerprint density at radius 1 is 1.00 bits per heavy atom. The smallest absolute Gasteiger partial charge is 0.192 e. The third-order valence-electron chi connectivity index (χ3n) is 3.33. The van der Waals surface area contributed by atoms with E-state index in [0.717, 1.165) is 22.3 Å². The second-order valence-electron chi connectivity index (χ2n) is 4.83. The fourth-order valence-corrected chi connectivity index (χ4v) is 2.27. The molecule has 0 spiro atoms. The highest BCUT2D eigenvalue weighted by Gasteiger charge is 2.16. The summed E-state index contributed by atoms with van der Waals surface area (Å²) in [5.74, 6) is 0.293. The van der Waals surface area contributed by atoms with Gasteiger partial charge in [0, 0.05) is 5.57 Å². The van der Waals surface area contributed by atoms with Crippen molar-refractivity contribution >= 4 is 11.1 Å². The number of benzene rings is 2. The maximum atomic E-state index is 9.62. The van der Waals surface area contributed by atoms with E-state index in [0.29, 0.717) is 11.4 Å². The van der Waals surface area contributed by atoms with Crippen LogP contribution in [0.1, 0.15) is 22.5 Å². The first-order valence-electron chi connectivity index (χ1n) is 6.80. The van der Waals surface area contributed by atoms with E-state index in [1.807, 2.05) is 61.5 Å². The van der Waals surface area contributed by atoms with Crippen LogP contribution >= 0.6 is 0 Å². The van der Waals surface area contributed by atoms with Crippen LogP contribution in [0.3, 0.4) is 0 Å². The number of nitriles is 1. The number of aryl methyl sites for hydroxylation is 1. The molecular formula is C17H13N5. The lowest BCUT2D eigenvalue weighted by atomic mass is 9.92. The van der Waals surface area contributed by atoms with Gasteiger partial charge in [-0.3, -0.25) is 0 Å². The van der Waals surface area contributed by atoms with Crippen molar-refractivity contribution in [1.82, 2.24) is 20.6 Å². The van der Waals surface area contributed by atoms with Gasteiger partial charge in [0.15, 0.2) is 0 Å². The molecule has 0 saturated carbocycles. The molecule has 0 aliphatic heterocycles. The third kappa shape index (κ3) is 2.63. The van der Waals surface area contributed by atoms with E-state index >= 15 is 0 Å². The first kappa shape index (κ1) is 13.7. The van der Waals surface area contributed by atoms with Crippen molar-refractivity contribution in [1.29, 1.82) is 5.26 Å². The zero-order valence-electron chi connectivity index (χ0n) is 12.0. The second kappa shape index (κ2) is 6.02. The Hall–Kier alpha value is -3.26. The number of allylic oxidation sites excluding steroid dienone is 1. The van der Waals surface area contributed by atoms with E-state index in [9.17, 15) is 5.26 Å². The summed E-state index contributed by atoms with van der Waals surface area (Å²) in [5, 5.41) is 23.5. The van der Waals surface area contributed by atoms with E-state index in [-0.39, 0.29) is 0 Å². The van der Waals surface area contributed by atoms with Crippen molar-refractivity contribution in [3.05, 3.63) is 77.1 Å². The average Bonchev–Trinajstić information content (AvgIpc) is 3.08. The quantitative estimate of drug-likeness (QED) is 0.751. The number of rotatable bonds is 3. The first-order chi connectivity index (χ1) is 10.8. The number of hydrogen-bond donors (Lipinski definition) is 1. The Labute approximate surface area is 127 Å². The van der Waals surface area contributed by atoms with Crippen LogP contribution in [0.2, 0.25) is 0 Å². The predicted molar refractivity (Wildman–Crippen MR) is 83.3 cm³/mol. The van der Waals surface area contributed by atoms with Gasteiger partial charge in [-0.05, 0) is 23.3 Å². The van der Waals surface area contributed by atoms with Gasteiger partial charge in [-0.2, -0.15) is 10.5 Å². The van der Waals surface area contributed by atoms with Crippen molar-refractivity contribution in [2.75, 3.05) is 0 Å². The number of aromatic amines is 1.